The molecule has 0 bridgehead atoms. The van der Waals surface area contributed by atoms with Crippen LogP contribution in [0.15, 0.2) is 53.4 Å². The zero-order valence-electron chi connectivity index (χ0n) is 9.51. The van der Waals surface area contributed by atoms with Crippen LogP contribution in [0.25, 0.3) is 0 Å². The van der Waals surface area contributed by atoms with Crippen LogP contribution in [0.5, 0.6) is 0 Å². The van der Waals surface area contributed by atoms with Gasteiger partial charge in [0.2, 0.25) is 0 Å². The summed E-state index contributed by atoms with van der Waals surface area (Å²) in [5.74, 6) is 0.546. The smallest absolute Gasteiger partial charge is 0.0898 e. The Hall–Kier alpha value is -0.670. The Morgan fingerprint density at radius 1 is 1.06 bits per heavy atom. The van der Waals surface area contributed by atoms with Crippen LogP contribution in [0, 0.1) is 0 Å². The largest absolute Gasteiger partial charge is 0.387 e. The average Bonchev–Trinajstić information content (AvgIpc) is 2.37. The average molecular weight is 299 g/mol. The molecule has 0 saturated carbocycles. The van der Waals surface area contributed by atoms with E-state index in [1.807, 2.05) is 42.5 Å². The Morgan fingerprint density at radius 3 is 2.56 bits per heavy atom. The highest BCUT2D eigenvalue weighted by Gasteiger charge is 2.11. The maximum absolute atomic E-state index is 10.1. The van der Waals surface area contributed by atoms with Gasteiger partial charge in [0, 0.05) is 20.7 Å². The molecular weight excluding hydrogens is 287 g/mol. The zero-order valence-corrected chi connectivity index (χ0v) is 11.8. The van der Waals surface area contributed by atoms with Crippen LogP contribution in [0.3, 0.4) is 0 Å². The van der Waals surface area contributed by atoms with Crippen molar-refractivity contribution in [3.63, 3.8) is 0 Å². The molecule has 2 aromatic carbocycles. The van der Waals surface area contributed by atoms with Gasteiger partial charge in [-0.05, 0) is 29.8 Å². The first-order valence-electron chi connectivity index (χ1n) is 5.47. The molecule has 0 aliphatic heterocycles. The third-order valence-corrected chi connectivity index (χ3v) is 4.12. The lowest BCUT2D eigenvalue weighted by molar-refractivity contribution is 0.204. The molecule has 0 saturated heterocycles. The second kappa shape index (κ2) is 6.48. The van der Waals surface area contributed by atoms with Gasteiger partial charge in [-0.25, -0.2) is 0 Å². The quantitative estimate of drug-likeness (QED) is 0.817. The van der Waals surface area contributed by atoms with E-state index in [9.17, 15) is 5.11 Å². The second-order valence-corrected chi connectivity index (χ2v) is 5.74. The highest BCUT2D eigenvalue weighted by molar-refractivity contribution is 7.99. The van der Waals surface area contributed by atoms with E-state index in [0.717, 1.165) is 10.5 Å². The summed E-state index contributed by atoms with van der Waals surface area (Å²) in [5, 5.41) is 11.4. The first-order valence-corrected chi connectivity index (χ1v) is 7.22. The molecule has 0 aliphatic rings. The van der Waals surface area contributed by atoms with Crippen molar-refractivity contribution in [3.8, 4) is 0 Å². The fourth-order valence-electron chi connectivity index (χ4n) is 1.57. The van der Waals surface area contributed by atoms with E-state index in [-0.39, 0.29) is 0 Å². The van der Waals surface area contributed by atoms with Crippen molar-refractivity contribution >= 4 is 35.0 Å². The van der Waals surface area contributed by atoms with Gasteiger partial charge in [0.25, 0.3) is 0 Å². The van der Waals surface area contributed by atoms with Crippen LogP contribution in [0.1, 0.15) is 11.7 Å². The lowest BCUT2D eigenvalue weighted by atomic mass is 10.1. The van der Waals surface area contributed by atoms with Crippen molar-refractivity contribution in [2.45, 2.75) is 11.0 Å². The SMILES string of the molecule is OC(CSc1cccc(Cl)c1)c1ccccc1Cl. The molecule has 1 unspecified atom stereocenters. The molecule has 1 nitrogen and oxygen atoms in total. The summed E-state index contributed by atoms with van der Waals surface area (Å²) < 4.78 is 0. The third kappa shape index (κ3) is 3.66. The first-order chi connectivity index (χ1) is 8.66. The first kappa shape index (κ1) is 13.8. The van der Waals surface area contributed by atoms with Gasteiger partial charge in [-0.15, -0.1) is 11.8 Å². The fraction of sp³-hybridized carbons (Fsp3) is 0.143. The molecule has 0 heterocycles. The third-order valence-electron chi connectivity index (χ3n) is 2.47. The van der Waals surface area contributed by atoms with Crippen molar-refractivity contribution in [1.29, 1.82) is 0 Å². The fourth-order valence-corrected chi connectivity index (χ4v) is 3.00. The van der Waals surface area contributed by atoms with Crippen molar-refractivity contribution in [2.75, 3.05) is 5.75 Å². The van der Waals surface area contributed by atoms with Gasteiger partial charge in [-0.3, -0.25) is 0 Å². The highest BCUT2D eigenvalue weighted by atomic mass is 35.5. The standard InChI is InChI=1S/C14H12Cl2OS/c15-10-4-3-5-11(8-10)18-9-14(17)12-6-1-2-7-13(12)16/h1-8,14,17H,9H2. The highest BCUT2D eigenvalue weighted by Crippen LogP contribution is 2.29. The molecule has 0 amide bonds. The van der Waals surface area contributed by atoms with Crippen molar-refractivity contribution < 1.29 is 5.11 Å². The maximum atomic E-state index is 10.1. The van der Waals surface area contributed by atoms with Crippen LogP contribution in [-0.2, 0) is 0 Å². The van der Waals surface area contributed by atoms with Gasteiger partial charge in [-0.1, -0.05) is 47.5 Å². The van der Waals surface area contributed by atoms with Crippen LogP contribution in [0.4, 0.5) is 0 Å². The normalized spacial score (nSPS) is 12.4. The summed E-state index contributed by atoms with van der Waals surface area (Å²) >= 11 is 13.5. The Kier molecular flexibility index (Phi) is 4.95. The van der Waals surface area contributed by atoms with E-state index in [4.69, 9.17) is 23.2 Å². The lowest BCUT2D eigenvalue weighted by Gasteiger charge is -2.12. The van der Waals surface area contributed by atoms with Crippen LogP contribution < -0.4 is 0 Å². The number of aliphatic hydroxyl groups excluding tert-OH is 1. The van der Waals surface area contributed by atoms with E-state index in [0.29, 0.717) is 15.8 Å². The molecule has 18 heavy (non-hydrogen) atoms. The lowest BCUT2D eigenvalue weighted by Crippen LogP contribution is -2.01. The number of aliphatic hydroxyl groups is 1. The Labute approximate surface area is 121 Å². The molecule has 2 rings (SSSR count). The minimum Gasteiger partial charge on any atom is -0.387 e. The number of rotatable bonds is 4. The summed E-state index contributed by atoms with van der Waals surface area (Å²) in [7, 11) is 0. The van der Waals surface area contributed by atoms with E-state index in [1.165, 1.54) is 0 Å². The van der Waals surface area contributed by atoms with E-state index >= 15 is 0 Å². The van der Waals surface area contributed by atoms with Gasteiger partial charge >= 0.3 is 0 Å². The molecule has 94 valence electrons. The molecule has 1 N–H and O–H groups in total. The summed E-state index contributed by atoms with van der Waals surface area (Å²) in [6.45, 7) is 0. The van der Waals surface area contributed by atoms with Gasteiger partial charge in [0.1, 0.15) is 0 Å². The van der Waals surface area contributed by atoms with Crippen LogP contribution in [0.2, 0.25) is 10.0 Å². The molecule has 0 spiro atoms. The van der Waals surface area contributed by atoms with Gasteiger partial charge in [-0.2, -0.15) is 0 Å². The van der Waals surface area contributed by atoms with Gasteiger partial charge < -0.3 is 5.11 Å². The summed E-state index contributed by atoms with van der Waals surface area (Å²) in [6.07, 6.45) is -0.581. The molecular formula is C14H12Cl2OS. The maximum Gasteiger partial charge on any atom is 0.0898 e. The number of thioether (sulfide) groups is 1. The van der Waals surface area contributed by atoms with Crippen LogP contribution in [-0.4, -0.2) is 10.9 Å². The number of halogens is 2. The van der Waals surface area contributed by atoms with E-state index in [2.05, 4.69) is 0 Å². The Bertz CT molecular complexity index is 531. The number of hydrogen-bond donors (Lipinski definition) is 1. The van der Waals surface area contributed by atoms with E-state index in [1.54, 1.807) is 17.8 Å². The molecule has 0 aliphatic carbocycles. The van der Waals surface area contributed by atoms with Crippen molar-refractivity contribution in [1.82, 2.24) is 0 Å². The zero-order chi connectivity index (χ0) is 13.0. The number of benzene rings is 2. The predicted molar refractivity (Wildman–Crippen MR) is 78.6 cm³/mol. The topological polar surface area (TPSA) is 20.2 Å². The Morgan fingerprint density at radius 2 is 1.83 bits per heavy atom. The second-order valence-electron chi connectivity index (χ2n) is 3.81. The molecule has 4 heteroatoms. The molecule has 0 aromatic heterocycles. The predicted octanol–water partition coefficient (Wildman–Crippen LogP) is 4.82. The van der Waals surface area contributed by atoms with Crippen LogP contribution >= 0.6 is 35.0 Å². The number of hydrogen-bond acceptors (Lipinski definition) is 2. The minimum absolute atomic E-state index is 0.546. The van der Waals surface area contributed by atoms with Crippen molar-refractivity contribution in [3.05, 3.63) is 64.1 Å². The van der Waals surface area contributed by atoms with Crippen molar-refractivity contribution in [2.24, 2.45) is 0 Å². The monoisotopic (exact) mass is 298 g/mol. The summed E-state index contributed by atoms with van der Waals surface area (Å²) in [5.41, 5.74) is 0.758. The van der Waals surface area contributed by atoms with Gasteiger partial charge in [0.15, 0.2) is 0 Å². The summed E-state index contributed by atoms with van der Waals surface area (Å²) in [4.78, 5) is 1.04. The van der Waals surface area contributed by atoms with E-state index < -0.39 is 6.10 Å². The molecule has 0 fully saturated rings. The Balaban J connectivity index is 2.00. The summed E-state index contributed by atoms with van der Waals surface area (Å²) in [6, 6.07) is 14.9. The molecule has 1 atom stereocenters. The molecule has 2 aromatic rings. The van der Waals surface area contributed by atoms with Gasteiger partial charge in [0.05, 0.1) is 6.10 Å². The minimum atomic E-state index is -0.581. The molecule has 0 radical (unpaired) electrons.